The van der Waals surface area contributed by atoms with Gasteiger partial charge in [0.15, 0.2) is 0 Å². The molecule has 0 saturated carbocycles. The molecule has 12 aromatic carbocycles. The second kappa shape index (κ2) is 53.9. The molecule has 0 atom stereocenters. The number of hydrogen-bond acceptors (Lipinski definition) is 8. The Morgan fingerprint density at radius 3 is 0.586 bits per heavy atom. The third-order valence-corrected chi connectivity index (χ3v) is 23.2. The Bertz CT molecular complexity index is 4810. The normalized spacial score (nSPS) is 11.2. The second-order valence-electron chi connectivity index (χ2n) is 37.4. The number of benzene rings is 12. The topological polar surface area (TPSA) is 93.9 Å². The number of phenolic OH excluding ortho intramolecular Hbond substituents is 4. The van der Waals surface area contributed by atoms with Crippen molar-refractivity contribution in [2.24, 2.45) is 0 Å². The van der Waals surface area contributed by atoms with E-state index >= 15 is 0 Å². The van der Waals surface area contributed by atoms with Crippen LogP contribution in [0.25, 0.3) is 44.5 Å². The maximum absolute atomic E-state index is 12.0. The van der Waals surface area contributed by atoms with Crippen molar-refractivity contribution >= 4 is 0 Å². The van der Waals surface area contributed by atoms with Crippen LogP contribution in [-0.4, -0.2) is 107 Å². The van der Waals surface area contributed by atoms with E-state index in [4.69, 9.17) is 0 Å². The van der Waals surface area contributed by atoms with Gasteiger partial charge in [0.1, 0.15) is 23.0 Å². The van der Waals surface area contributed by atoms with Crippen LogP contribution < -0.4 is 0 Å². The zero-order chi connectivity index (χ0) is 92.8. The average molecular weight is 1960 g/mol. The Labute approximate surface area is 813 Å². The molecular weight excluding hydrogens is 1810 g/mol. The average Bonchev–Trinajstić information content (AvgIpc) is 0.789. The van der Waals surface area contributed by atoms with Crippen LogP contribution in [0.4, 0.5) is 0 Å². The van der Waals surface area contributed by atoms with E-state index in [1.807, 2.05) is 121 Å². The number of aryl methyl sites for hydroxylation is 4. The number of nitrogens with zero attached hydrogens (tertiary/aromatic N) is 4. The van der Waals surface area contributed by atoms with Crippen molar-refractivity contribution in [3.63, 3.8) is 0 Å². The van der Waals surface area contributed by atoms with Gasteiger partial charge in [-0.3, -0.25) is 9.80 Å². The predicted molar refractivity (Wildman–Crippen MR) is 545 cm³/mol. The van der Waals surface area contributed by atoms with Crippen molar-refractivity contribution < 1.29 is 72.5 Å². The third-order valence-electron chi connectivity index (χ3n) is 23.2. The summed E-state index contributed by atoms with van der Waals surface area (Å²) in [5, 5.41) is 47.8. The Hall–Kier alpha value is -9.09. The van der Waals surface area contributed by atoms with E-state index in [0.717, 1.165) is 128 Å². The van der Waals surface area contributed by atoms with E-state index < -0.39 is 0 Å². The van der Waals surface area contributed by atoms with Gasteiger partial charge >= 0.3 is 52.0 Å². The van der Waals surface area contributed by atoms with Gasteiger partial charge < -0.3 is 30.2 Å². The smallest absolute Gasteiger partial charge is 0.507 e. The van der Waals surface area contributed by atoms with Crippen LogP contribution >= 0.6 is 0 Å². The van der Waals surface area contributed by atoms with Gasteiger partial charge in [-0.25, -0.2) is 0 Å². The van der Waals surface area contributed by atoms with Crippen LogP contribution in [0, 0.1) is 55.4 Å². The van der Waals surface area contributed by atoms with E-state index in [-0.39, 0.29) is 52.0 Å². The molecule has 0 amide bonds. The summed E-state index contributed by atoms with van der Waals surface area (Å²) in [4.78, 5) is 9.28. The predicted octanol–water partition coefficient (Wildman–Crippen LogP) is 29.8. The van der Waals surface area contributed by atoms with E-state index in [9.17, 15) is 20.4 Å². The summed E-state index contributed by atoms with van der Waals surface area (Å²) >= 11 is 0. The number of hydrogen-bond donors (Lipinski definition) is 4. The van der Waals surface area contributed by atoms with Crippen molar-refractivity contribution in [2.75, 3.05) is 67.5 Å². The summed E-state index contributed by atoms with van der Waals surface area (Å²) < 4.78 is 0. The SMILES string of the molecule is Cc1cc(CCN(CCN(C)C)Cc2cc(C)cc(-c3c(C(C)C)cccc3C(C)C)c2O)c(O)c(-c2c(C(C)C)cccc2C(C)C)c1.Cc1cc(CCN(CCN(C)C)Cc2cc(C)cc(-c3c(C(C)C)cccc3C(C)C)c2O)c(O)c(-c2c(C(C)C)cccc2C(C)C)c1.[CH2-]c1ccccc1.[CH2-]c1ccccc1.[CH2-]c1ccccc1.[CH2-]c1ccccc1.[Hf+4].[Zr+4]. The zero-order valence-electron chi connectivity index (χ0n) is 82.2. The molecule has 10 heteroatoms. The molecule has 128 heavy (non-hydrogen) atoms. The van der Waals surface area contributed by atoms with Crippen LogP contribution in [0.15, 0.2) is 243 Å². The van der Waals surface area contributed by atoms with Gasteiger partial charge in [-0.15, -0.1) is 48.5 Å². The molecule has 12 aromatic rings. The fourth-order valence-corrected chi connectivity index (χ4v) is 16.4. The quantitative estimate of drug-likeness (QED) is 0.0285. The molecule has 0 heterocycles. The summed E-state index contributed by atoms with van der Waals surface area (Å²) in [7, 11) is 8.42. The first-order valence-corrected chi connectivity index (χ1v) is 45.8. The molecular formula is C118H152HfN4O4Zr+4. The molecule has 0 aromatic heterocycles. The molecule has 672 valence electrons. The summed E-state index contributed by atoms with van der Waals surface area (Å²) in [6, 6.07) is 83.0. The first-order chi connectivity index (χ1) is 59.8. The monoisotopic (exact) mass is 1960 g/mol. The fourth-order valence-electron chi connectivity index (χ4n) is 16.4. The van der Waals surface area contributed by atoms with Crippen molar-refractivity contribution in [2.45, 2.75) is 212 Å². The van der Waals surface area contributed by atoms with Crippen molar-refractivity contribution in [3.05, 3.63) is 382 Å². The van der Waals surface area contributed by atoms with Gasteiger partial charge in [0.25, 0.3) is 0 Å². The molecule has 12 rings (SSSR count). The van der Waals surface area contributed by atoms with E-state index in [0.29, 0.717) is 96.3 Å². The maximum atomic E-state index is 12.0. The van der Waals surface area contributed by atoms with Gasteiger partial charge in [0.2, 0.25) is 0 Å². The van der Waals surface area contributed by atoms with Crippen LogP contribution in [0.2, 0.25) is 0 Å². The second-order valence-corrected chi connectivity index (χ2v) is 37.4. The van der Waals surface area contributed by atoms with E-state index in [1.54, 1.807) is 0 Å². The molecule has 0 saturated heterocycles. The number of phenols is 4. The Morgan fingerprint density at radius 2 is 0.422 bits per heavy atom. The third kappa shape index (κ3) is 32.8. The zero-order valence-corrected chi connectivity index (χ0v) is 88.2. The van der Waals surface area contributed by atoms with Gasteiger partial charge in [-0.2, -0.15) is 98.5 Å². The minimum atomic E-state index is 0. The Balaban J connectivity index is 0.000000341. The number of rotatable bonds is 28. The van der Waals surface area contributed by atoms with Gasteiger partial charge in [0, 0.05) is 85.7 Å². The van der Waals surface area contributed by atoms with Crippen LogP contribution in [0.1, 0.15) is 269 Å². The molecule has 4 N–H and O–H groups in total. The minimum Gasteiger partial charge on any atom is -0.507 e. The number of likely N-dealkylation sites (N-methyl/N-ethyl adjacent to an activating group) is 2. The standard InChI is InChI=1S/2C45H62N2O2.4C7H7.Hf.Zr/c2*1-28(2)36-15-13-16-37(29(3)4)42(36)40-25-32(9)23-34(44(40)48)19-20-47(22-21-46(11)12)27-35-24-33(10)26-41(45(35)49)43-38(30(5)6)17-14-18-39(43)31(7)8;4*1-7-5-3-2-4-6-7;;/h2*13-18,23-26,28-31,48-49H,19-22,27H2,1-12H3;4*2-6H,1H2;;/q;;4*-1;2*+4. The van der Waals surface area contributed by atoms with Crippen molar-refractivity contribution in [1.82, 2.24) is 19.6 Å². The maximum Gasteiger partial charge on any atom is 4.00 e. The van der Waals surface area contributed by atoms with Gasteiger partial charge in [0.05, 0.1) is 0 Å². The number of aromatic hydroxyl groups is 4. The Morgan fingerprint density at radius 1 is 0.242 bits per heavy atom. The van der Waals surface area contributed by atoms with Crippen molar-refractivity contribution in [1.29, 1.82) is 0 Å². The fraction of sp³-hybridized carbons (Fsp3) is 0.356. The summed E-state index contributed by atoms with van der Waals surface area (Å²) in [5.74, 6) is 4.25. The molecule has 0 spiro atoms. The molecule has 0 radical (unpaired) electrons. The van der Waals surface area contributed by atoms with E-state index in [2.05, 4.69) is 335 Å². The molecule has 8 nitrogen and oxygen atoms in total. The van der Waals surface area contributed by atoms with Crippen LogP contribution in [0.3, 0.4) is 0 Å². The van der Waals surface area contributed by atoms with Gasteiger partial charge in [-0.05, 0) is 240 Å². The summed E-state index contributed by atoms with van der Waals surface area (Å²) in [6.07, 6.45) is 1.42. The van der Waals surface area contributed by atoms with Gasteiger partial charge in [-0.1, -0.05) is 232 Å². The van der Waals surface area contributed by atoms with Crippen molar-refractivity contribution in [3.8, 4) is 67.5 Å². The molecule has 0 bridgehead atoms. The first-order valence-electron chi connectivity index (χ1n) is 45.8. The van der Waals surface area contributed by atoms with Crippen LogP contribution in [-0.2, 0) is 78.0 Å². The molecule has 0 aliphatic rings. The summed E-state index contributed by atoms with van der Waals surface area (Å²) in [5.41, 5.74) is 31.4. The molecule has 0 fully saturated rings. The Kier molecular flexibility index (Phi) is 46.1. The summed E-state index contributed by atoms with van der Waals surface area (Å²) in [6.45, 7) is 65.4. The largest absolute Gasteiger partial charge is 4.00 e. The van der Waals surface area contributed by atoms with E-state index in [1.165, 1.54) is 66.8 Å². The molecule has 0 aliphatic carbocycles. The van der Waals surface area contributed by atoms with Crippen LogP contribution in [0.5, 0.6) is 23.0 Å². The minimum absolute atomic E-state index is 0. The molecule has 0 unspecified atom stereocenters. The molecule has 0 aliphatic heterocycles. The first kappa shape index (κ1) is 109.